The summed E-state index contributed by atoms with van der Waals surface area (Å²) in [7, 11) is 0. The van der Waals surface area contributed by atoms with Crippen LogP contribution in [0.5, 0.6) is 0 Å². The minimum absolute atomic E-state index is 0. The van der Waals surface area contributed by atoms with Crippen molar-refractivity contribution < 1.29 is 9.18 Å². The predicted molar refractivity (Wildman–Crippen MR) is 66.2 cm³/mol. The van der Waals surface area contributed by atoms with Gasteiger partial charge in [-0.1, -0.05) is 12.1 Å². The van der Waals surface area contributed by atoms with E-state index in [1.54, 1.807) is 17.0 Å². The van der Waals surface area contributed by atoms with Crippen LogP contribution in [0, 0.1) is 11.7 Å². The summed E-state index contributed by atoms with van der Waals surface area (Å²) in [5.74, 6) is 0.157. The van der Waals surface area contributed by atoms with Crippen LogP contribution in [0.1, 0.15) is 12.0 Å². The average Bonchev–Trinajstić information content (AvgIpc) is 2.63. The normalized spacial score (nSPS) is 19.3. The van der Waals surface area contributed by atoms with Gasteiger partial charge in [0.15, 0.2) is 0 Å². The van der Waals surface area contributed by atoms with Crippen molar-refractivity contribution in [3.8, 4) is 0 Å². The number of rotatable bonds is 3. The van der Waals surface area contributed by atoms with Crippen LogP contribution in [-0.4, -0.2) is 23.9 Å². The number of halogens is 2. The van der Waals surface area contributed by atoms with Gasteiger partial charge in [-0.25, -0.2) is 4.39 Å². The Morgan fingerprint density at radius 1 is 1.35 bits per heavy atom. The molecule has 94 valence electrons. The quantitative estimate of drug-likeness (QED) is 0.894. The first-order valence-corrected chi connectivity index (χ1v) is 5.41. The van der Waals surface area contributed by atoms with E-state index in [0.717, 1.165) is 5.56 Å². The molecule has 1 aliphatic heterocycles. The largest absolute Gasteiger partial charge is 0.338 e. The van der Waals surface area contributed by atoms with E-state index in [0.29, 0.717) is 26.1 Å². The van der Waals surface area contributed by atoms with Crippen LogP contribution in [0.2, 0.25) is 0 Å². The zero-order valence-electron chi connectivity index (χ0n) is 9.43. The Hall–Kier alpha value is -1.13. The van der Waals surface area contributed by atoms with E-state index in [9.17, 15) is 9.18 Å². The molecule has 2 N–H and O–H groups in total. The summed E-state index contributed by atoms with van der Waals surface area (Å²) < 4.78 is 12.7. The lowest BCUT2D eigenvalue weighted by Crippen LogP contribution is -2.25. The van der Waals surface area contributed by atoms with Crippen LogP contribution in [0.25, 0.3) is 0 Å². The minimum Gasteiger partial charge on any atom is -0.338 e. The molecule has 0 aromatic heterocycles. The van der Waals surface area contributed by atoms with Crippen LogP contribution < -0.4 is 5.73 Å². The molecule has 1 fully saturated rings. The maximum absolute atomic E-state index is 12.7. The lowest BCUT2D eigenvalue weighted by Gasteiger charge is -2.16. The van der Waals surface area contributed by atoms with Crippen molar-refractivity contribution in [3.63, 3.8) is 0 Å². The average molecular weight is 259 g/mol. The molecule has 3 nitrogen and oxygen atoms in total. The molecule has 5 heteroatoms. The van der Waals surface area contributed by atoms with Crippen LogP contribution in [-0.2, 0) is 11.3 Å². The smallest absolute Gasteiger partial charge is 0.223 e. The zero-order valence-corrected chi connectivity index (χ0v) is 10.3. The summed E-state index contributed by atoms with van der Waals surface area (Å²) in [5, 5.41) is 0. The number of likely N-dealkylation sites (tertiary alicyclic amines) is 1. The highest BCUT2D eigenvalue weighted by Crippen LogP contribution is 2.19. The number of hydrogen-bond donors (Lipinski definition) is 1. The second kappa shape index (κ2) is 5.98. The van der Waals surface area contributed by atoms with Gasteiger partial charge in [-0.2, -0.15) is 0 Å². The standard InChI is InChI=1S/C12H15FN2O.ClH/c13-11-3-1-9(2-4-11)7-15-8-10(6-14)5-12(15)16;/h1-4,10H,5-8,14H2;1H. The molecule has 0 radical (unpaired) electrons. The number of benzene rings is 1. The van der Waals surface area contributed by atoms with Crippen molar-refractivity contribution in [3.05, 3.63) is 35.6 Å². The van der Waals surface area contributed by atoms with Crippen molar-refractivity contribution in [1.29, 1.82) is 0 Å². The highest BCUT2D eigenvalue weighted by atomic mass is 35.5. The van der Waals surface area contributed by atoms with Crippen LogP contribution in [0.4, 0.5) is 4.39 Å². The second-order valence-corrected chi connectivity index (χ2v) is 4.21. The highest BCUT2D eigenvalue weighted by Gasteiger charge is 2.28. The van der Waals surface area contributed by atoms with Crippen LogP contribution >= 0.6 is 12.4 Å². The van der Waals surface area contributed by atoms with Gasteiger partial charge in [0.25, 0.3) is 0 Å². The second-order valence-electron chi connectivity index (χ2n) is 4.21. The molecule has 1 aromatic carbocycles. The third kappa shape index (κ3) is 3.41. The van der Waals surface area contributed by atoms with Gasteiger partial charge < -0.3 is 10.6 Å². The van der Waals surface area contributed by atoms with Crippen molar-refractivity contribution >= 4 is 18.3 Å². The zero-order chi connectivity index (χ0) is 11.5. The number of nitrogens with two attached hydrogens (primary N) is 1. The van der Waals surface area contributed by atoms with Gasteiger partial charge in [-0.3, -0.25) is 4.79 Å². The first-order chi connectivity index (χ1) is 7.69. The molecule has 0 spiro atoms. The number of carbonyl (C=O) groups is 1. The summed E-state index contributed by atoms with van der Waals surface area (Å²) in [6.45, 7) is 1.81. The number of amides is 1. The molecule has 1 aromatic rings. The molecule has 0 saturated carbocycles. The Morgan fingerprint density at radius 2 is 2.00 bits per heavy atom. The Bertz CT molecular complexity index is 383. The molecule has 1 saturated heterocycles. The third-order valence-corrected chi connectivity index (χ3v) is 2.91. The van der Waals surface area contributed by atoms with Gasteiger partial charge >= 0.3 is 0 Å². The van der Waals surface area contributed by atoms with Gasteiger partial charge in [-0.05, 0) is 30.2 Å². The van der Waals surface area contributed by atoms with E-state index >= 15 is 0 Å². The van der Waals surface area contributed by atoms with Crippen molar-refractivity contribution in [2.75, 3.05) is 13.1 Å². The predicted octanol–water partition coefficient (Wildman–Crippen LogP) is 1.55. The lowest BCUT2D eigenvalue weighted by atomic mass is 10.1. The summed E-state index contributed by atoms with van der Waals surface area (Å²) in [6, 6.07) is 6.24. The van der Waals surface area contributed by atoms with Gasteiger partial charge in [0, 0.05) is 19.5 Å². The molecule has 1 aliphatic rings. The maximum atomic E-state index is 12.7. The van der Waals surface area contributed by atoms with Gasteiger partial charge in [0.1, 0.15) is 5.82 Å². The topological polar surface area (TPSA) is 46.3 Å². The lowest BCUT2D eigenvalue weighted by molar-refractivity contribution is -0.128. The fourth-order valence-electron chi connectivity index (χ4n) is 1.97. The number of nitrogens with zero attached hydrogens (tertiary/aromatic N) is 1. The van der Waals surface area contributed by atoms with E-state index in [2.05, 4.69) is 0 Å². The van der Waals surface area contributed by atoms with Crippen LogP contribution in [0.15, 0.2) is 24.3 Å². The SMILES string of the molecule is Cl.NCC1CC(=O)N(Cc2ccc(F)cc2)C1. The first kappa shape index (κ1) is 13.9. The molecule has 1 atom stereocenters. The number of hydrogen-bond acceptors (Lipinski definition) is 2. The van der Waals surface area contributed by atoms with Crippen molar-refractivity contribution in [2.24, 2.45) is 11.7 Å². The molecular formula is C12H16ClFN2O. The first-order valence-electron chi connectivity index (χ1n) is 5.41. The molecule has 17 heavy (non-hydrogen) atoms. The van der Waals surface area contributed by atoms with E-state index in [-0.39, 0.29) is 30.0 Å². The van der Waals surface area contributed by atoms with Gasteiger partial charge in [0.05, 0.1) is 0 Å². The van der Waals surface area contributed by atoms with E-state index < -0.39 is 0 Å². The summed E-state index contributed by atoms with van der Waals surface area (Å²) in [5.41, 5.74) is 6.49. The summed E-state index contributed by atoms with van der Waals surface area (Å²) in [6.07, 6.45) is 0.539. The molecule has 0 aliphatic carbocycles. The Labute approximate surface area is 106 Å². The highest BCUT2D eigenvalue weighted by molar-refractivity contribution is 5.85. The Morgan fingerprint density at radius 3 is 2.53 bits per heavy atom. The maximum Gasteiger partial charge on any atom is 0.223 e. The van der Waals surface area contributed by atoms with Gasteiger partial charge in [0.2, 0.25) is 5.91 Å². The molecule has 0 bridgehead atoms. The van der Waals surface area contributed by atoms with Crippen LogP contribution in [0.3, 0.4) is 0 Å². The van der Waals surface area contributed by atoms with E-state index in [4.69, 9.17) is 5.73 Å². The third-order valence-electron chi connectivity index (χ3n) is 2.91. The van der Waals surface area contributed by atoms with E-state index in [1.807, 2.05) is 0 Å². The Kier molecular flexibility index (Phi) is 4.90. The molecule has 1 unspecified atom stereocenters. The van der Waals surface area contributed by atoms with Crippen molar-refractivity contribution in [1.82, 2.24) is 4.90 Å². The van der Waals surface area contributed by atoms with Gasteiger partial charge in [-0.15, -0.1) is 12.4 Å². The Balaban J connectivity index is 0.00000144. The summed E-state index contributed by atoms with van der Waals surface area (Å²) >= 11 is 0. The fraction of sp³-hybridized carbons (Fsp3) is 0.417. The fourth-order valence-corrected chi connectivity index (χ4v) is 1.97. The monoisotopic (exact) mass is 258 g/mol. The van der Waals surface area contributed by atoms with Crippen molar-refractivity contribution in [2.45, 2.75) is 13.0 Å². The summed E-state index contributed by atoms with van der Waals surface area (Å²) in [4.78, 5) is 13.4. The van der Waals surface area contributed by atoms with E-state index in [1.165, 1.54) is 12.1 Å². The molecule has 2 rings (SSSR count). The molecule has 1 amide bonds. The number of carbonyl (C=O) groups excluding carboxylic acids is 1. The minimum atomic E-state index is -0.253. The molecular weight excluding hydrogens is 243 g/mol. The molecule has 1 heterocycles.